The first-order valence-electron chi connectivity index (χ1n) is 14.3. The summed E-state index contributed by atoms with van der Waals surface area (Å²) in [7, 11) is 0. The molecule has 0 spiro atoms. The average Bonchev–Trinajstić information content (AvgIpc) is 3.05. The minimum absolute atomic E-state index is 0.0692. The highest BCUT2D eigenvalue weighted by Crippen LogP contribution is 2.43. The number of nitrogens with one attached hydrogen (secondary N) is 1. The molecule has 43 heavy (non-hydrogen) atoms. The van der Waals surface area contributed by atoms with Gasteiger partial charge in [-0.2, -0.15) is 0 Å². The smallest absolute Gasteiger partial charge is 0.274 e. The van der Waals surface area contributed by atoms with Crippen molar-refractivity contribution in [3.8, 4) is 5.75 Å². The number of nitrogens with zero attached hydrogens (tertiary/aromatic N) is 2. The highest BCUT2D eigenvalue weighted by molar-refractivity contribution is 5.99. The zero-order chi connectivity index (χ0) is 31.1. The number of aromatic nitrogens is 1. The minimum Gasteiger partial charge on any atom is -0.483 e. The summed E-state index contributed by atoms with van der Waals surface area (Å²) in [5.74, 6) is -5.17. The number of hydrogen-bond donors (Lipinski definition) is 2. The number of fused-ring (bicyclic) bond motifs is 4. The molecule has 2 amide bonds. The lowest BCUT2D eigenvalue weighted by atomic mass is 9.81. The number of amides is 2. The second kappa shape index (κ2) is 11.9. The van der Waals surface area contributed by atoms with Crippen molar-refractivity contribution >= 4 is 11.8 Å². The van der Waals surface area contributed by atoms with Crippen LogP contribution >= 0.6 is 0 Å². The van der Waals surface area contributed by atoms with Crippen LogP contribution < -0.4 is 15.5 Å². The van der Waals surface area contributed by atoms with E-state index in [0.29, 0.717) is 37.0 Å². The predicted octanol–water partition coefficient (Wildman–Crippen LogP) is 4.73. The maximum Gasteiger partial charge on any atom is 0.274 e. The first-order chi connectivity index (χ1) is 20.4. The molecule has 11 heteroatoms. The Bertz CT molecular complexity index is 1590. The molecule has 0 unspecified atom stereocenters. The van der Waals surface area contributed by atoms with Crippen LogP contribution in [0.5, 0.6) is 5.75 Å². The van der Waals surface area contributed by atoms with Crippen LogP contribution in [-0.4, -0.2) is 44.6 Å². The molecular weight excluding hydrogens is 563 g/mol. The van der Waals surface area contributed by atoms with Crippen LogP contribution in [0.15, 0.2) is 53.5 Å². The van der Waals surface area contributed by atoms with E-state index in [0.717, 1.165) is 0 Å². The van der Waals surface area contributed by atoms with Crippen LogP contribution in [0.2, 0.25) is 0 Å². The Morgan fingerprint density at radius 3 is 2.47 bits per heavy atom. The topological polar surface area (TPSA) is 101 Å². The van der Waals surface area contributed by atoms with Gasteiger partial charge in [-0.05, 0) is 37.7 Å². The van der Waals surface area contributed by atoms with E-state index in [1.807, 2.05) is 26.8 Å². The third-order valence-electron chi connectivity index (χ3n) is 8.27. The number of ether oxygens (including phenoxy) is 1. The van der Waals surface area contributed by atoms with Crippen LogP contribution in [0, 0.1) is 23.4 Å². The molecule has 1 fully saturated rings. The number of carbonyl (C=O) groups is 2. The summed E-state index contributed by atoms with van der Waals surface area (Å²) >= 11 is 0. The number of hydrogen-bond acceptors (Lipinski definition) is 5. The van der Waals surface area contributed by atoms with E-state index in [9.17, 15) is 32.7 Å². The van der Waals surface area contributed by atoms with E-state index < -0.39 is 64.0 Å². The van der Waals surface area contributed by atoms with E-state index >= 15 is 0 Å². The Kier molecular flexibility index (Phi) is 8.38. The monoisotopic (exact) mass is 597 g/mol. The van der Waals surface area contributed by atoms with E-state index in [4.69, 9.17) is 4.74 Å². The summed E-state index contributed by atoms with van der Waals surface area (Å²) in [4.78, 5) is 42.8. The van der Waals surface area contributed by atoms with Crippen molar-refractivity contribution < 1.29 is 32.6 Å². The summed E-state index contributed by atoms with van der Waals surface area (Å²) in [6.45, 7) is 5.26. The molecule has 0 aliphatic carbocycles. The lowest BCUT2D eigenvalue weighted by Gasteiger charge is -2.43. The molecule has 0 radical (unpaired) electrons. The van der Waals surface area contributed by atoms with E-state index in [1.54, 1.807) is 29.2 Å². The van der Waals surface area contributed by atoms with Crippen molar-refractivity contribution in [3.63, 3.8) is 0 Å². The van der Waals surface area contributed by atoms with Gasteiger partial charge < -0.3 is 24.6 Å². The van der Waals surface area contributed by atoms with Crippen molar-refractivity contribution in [3.05, 3.63) is 98.7 Å². The van der Waals surface area contributed by atoms with Gasteiger partial charge in [0.1, 0.15) is 29.6 Å². The Morgan fingerprint density at radius 2 is 1.81 bits per heavy atom. The van der Waals surface area contributed by atoms with Gasteiger partial charge in [-0.1, -0.05) is 44.2 Å². The fraction of sp³-hybridized carbons (Fsp3) is 0.406. The molecule has 228 valence electrons. The minimum atomic E-state index is -1.27. The van der Waals surface area contributed by atoms with Crippen molar-refractivity contribution in [1.82, 2.24) is 14.8 Å². The van der Waals surface area contributed by atoms with Crippen LogP contribution in [0.3, 0.4) is 0 Å². The summed E-state index contributed by atoms with van der Waals surface area (Å²) in [6, 6.07) is 9.02. The Morgan fingerprint density at radius 1 is 1.14 bits per heavy atom. The third kappa shape index (κ3) is 5.90. The van der Waals surface area contributed by atoms with Crippen LogP contribution in [0.1, 0.15) is 78.0 Å². The Balaban J connectivity index is 1.62. The van der Waals surface area contributed by atoms with Gasteiger partial charge in [-0.25, -0.2) is 13.2 Å². The number of pyridine rings is 1. The van der Waals surface area contributed by atoms with Crippen LogP contribution in [-0.2, 0) is 13.2 Å². The number of rotatable bonds is 8. The highest BCUT2D eigenvalue weighted by Gasteiger charge is 2.49. The summed E-state index contributed by atoms with van der Waals surface area (Å²) in [5.41, 5.74) is -2.52. The zero-order valence-corrected chi connectivity index (χ0v) is 24.2. The van der Waals surface area contributed by atoms with E-state index in [1.165, 1.54) is 10.8 Å². The molecule has 2 bridgehead atoms. The maximum atomic E-state index is 14.2. The van der Waals surface area contributed by atoms with Crippen molar-refractivity contribution in [2.24, 2.45) is 5.92 Å². The molecule has 8 nitrogen and oxygen atoms in total. The molecule has 3 aromatic rings. The first kappa shape index (κ1) is 30.3. The van der Waals surface area contributed by atoms with Crippen LogP contribution in [0.4, 0.5) is 13.2 Å². The molecule has 3 atom stereocenters. The largest absolute Gasteiger partial charge is 0.483 e. The van der Waals surface area contributed by atoms with Gasteiger partial charge in [0.2, 0.25) is 5.43 Å². The number of carbonyl (C=O) groups excluding carboxylic acids is 2. The van der Waals surface area contributed by atoms with Gasteiger partial charge >= 0.3 is 0 Å². The fourth-order valence-electron chi connectivity index (χ4n) is 6.12. The van der Waals surface area contributed by atoms with E-state index in [2.05, 4.69) is 5.32 Å². The Hall–Kier alpha value is -4.12. The number of aliphatic hydroxyl groups is 1. The third-order valence-corrected chi connectivity index (χ3v) is 8.27. The zero-order valence-electron chi connectivity index (χ0n) is 24.2. The molecule has 2 aliphatic rings. The molecule has 0 saturated carbocycles. The fourth-order valence-corrected chi connectivity index (χ4v) is 6.12. The number of benzene rings is 2. The standard InChI is InChI=1S/C32H34F3N3O5/c1-18(2)13-32(42)10-9-19(3)37-16-26(32)38-15-23(30(40)36-14-22-24(34)11-21(33)12-25(22)35)28(39)29(27(38)31(37)41)43-17-20-7-5-4-6-8-20/h4-8,11-12,15,18-19,26,42H,9-10,13-14,16-17H2,1-3H3,(H,36,40)/t19-,26+,32+/m0/s1. The molecule has 1 saturated heterocycles. The van der Waals surface area contributed by atoms with Crippen molar-refractivity contribution in [2.45, 2.75) is 70.9 Å². The van der Waals surface area contributed by atoms with Gasteiger partial charge in [0.05, 0.1) is 11.6 Å². The van der Waals surface area contributed by atoms with Gasteiger partial charge in [-0.3, -0.25) is 14.4 Å². The molecular formula is C32H34F3N3O5. The summed E-state index contributed by atoms with van der Waals surface area (Å²) < 4.78 is 49.3. The van der Waals surface area contributed by atoms with Gasteiger partial charge in [0.25, 0.3) is 11.8 Å². The lowest BCUT2D eigenvalue weighted by Crippen LogP contribution is -2.52. The SMILES string of the molecule is CC(C)C[C@]1(O)CC[C@H](C)N2C[C@H]1n1cc(C(=O)NCc3c(F)cc(F)cc3F)c(=O)c(OCc3ccccc3)c1C2=O. The predicted molar refractivity (Wildman–Crippen MR) is 152 cm³/mol. The molecule has 2 N–H and O–H groups in total. The summed E-state index contributed by atoms with van der Waals surface area (Å²) in [5, 5.41) is 14.4. The lowest BCUT2D eigenvalue weighted by molar-refractivity contribution is -0.0397. The molecule has 2 aromatic carbocycles. The molecule has 3 heterocycles. The maximum absolute atomic E-state index is 14.2. The molecule has 5 rings (SSSR count). The first-order valence-corrected chi connectivity index (χ1v) is 14.3. The van der Waals surface area contributed by atoms with Gasteiger partial charge in [0.15, 0.2) is 11.4 Å². The molecule has 1 aromatic heterocycles. The molecule has 2 aliphatic heterocycles. The van der Waals surface area contributed by atoms with Gasteiger partial charge in [0, 0.05) is 43.0 Å². The van der Waals surface area contributed by atoms with E-state index in [-0.39, 0.29) is 36.6 Å². The van der Waals surface area contributed by atoms with Gasteiger partial charge in [-0.15, -0.1) is 0 Å². The van der Waals surface area contributed by atoms with Crippen LogP contribution in [0.25, 0.3) is 0 Å². The second-order valence-corrected chi connectivity index (χ2v) is 11.8. The highest BCUT2D eigenvalue weighted by atomic mass is 19.1. The average molecular weight is 598 g/mol. The Labute approximate surface area is 247 Å². The number of halogens is 3. The summed E-state index contributed by atoms with van der Waals surface area (Å²) in [6.07, 6.45) is 2.55. The quantitative estimate of drug-likeness (QED) is 0.391. The van der Waals surface area contributed by atoms with Crippen molar-refractivity contribution in [2.75, 3.05) is 6.54 Å². The second-order valence-electron chi connectivity index (χ2n) is 11.8. The van der Waals surface area contributed by atoms with Crippen molar-refractivity contribution in [1.29, 1.82) is 0 Å². The normalized spacial score (nSPS) is 21.4.